The van der Waals surface area contributed by atoms with E-state index in [9.17, 15) is 4.79 Å². The molecule has 0 aliphatic rings. The number of esters is 1. The molecule has 25 heavy (non-hydrogen) atoms. The molecule has 0 fully saturated rings. The van der Waals surface area contributed by atoms with Crippen molar-refractivity contribution < 1.29 is 9.53 Å². The third kappa shape index (κ3) is 4.17. The van der Waals surface area contributed by atoms with Crippen LogP contribution in [0.4, 0.5) is 5.69 Å². The Balaban J connectivity index is 1.84. The molecule has 0 saturated heterocycles. The SMILES string of the molecule is CCOC(=O)c1cccc(N=Cc2cccn2-c2ccc(Cl)cc2)c1. The summed E-state index contributed by atoms with van der Waals surface area (Å²) in [6.07, 6.45) is 3.72. The van der Waals surface area contributed by atoms with Crippen molar-refractivity contribution in [1.82, 2.24) is 4.57 Å². The molecule has 0 aliphatic heterocycles. The van der Waals surface area contributed by atoms with Gasteiger partial charge in [0, 0.05) is 16.9 Å². The first-order chi connectivity index (χ1) is 12.2. The summed E-state index contributed by atoms with van der Waals surface area (Å²) in [5.74, 6) is -0.343. The van der Waals surface area contributed by atoms with Crippen LogP contribution in [-0.4, -0.2) is 23.4 Å². The maximum Gasteiger partial charge on any atom is 0.338 e. The lowest BCUT2D eigenvalue weighted by atomic mass is 10.2. The fourth-order valence-corrected chi connectivity index (χ4v) is 2.53. The van der Waals surface area contributed by atoms with Gasteiger partial charge in [0.2, 0.25) is 0 Å². The maximum absolute atomic E-state index is 11.8. The molecule has 0 N–H and O–H groups in total. The number of aromatic nitrogens is 1. The van der Waals surface area contributed by atoms with Crippen molar-refractivity contribution in [3.05, 3.63) is 83.1 Å². The van der Waals surface area contributed by atoms with Gasteiger partial charge in [-0.15, -0.1) is 0 Å². The predicted molar refractivity (Wildman–Crippen MR) is 100 cm³/mol. The molecule has 0 saturated carbocycles. The van der Waals surface area contributed by atoms with E-state index in [1.54, 1.807) is 31.3 Å². The van der Waals surface area contributed by atoms with Gasteiger partial charge in [0.25, 0.3) is 0 Å². The highest BCUT2D eigenvalue weighted by Crippen LogP contribution is 2.18. The Kier molecular flexibility index (Phi) is 5.31. The second kappa shape index (κ2) is 7.81. The summed E-state index contributed by atoms with van der Waals surface area (Å²) in [4.78, 5) is 16.3. The van der Waals surface area contributed by atoms with Gasteiger partial charge in [-0.3, -0.25) is 4.99 Å². The molecule has 126 valence electrons. The Bertz CT molecular complexity index is 898. The molecular weight excluding hydrogens is 336 g/mol. The number of carbonyl (C=O) groups excluding carboxylic acids is 1. The Hall–Kier alpha value is -2.85. The highest BCUT2D eigenvalue weighted by molar-refractivity contribution is 6.30. The van der Waals surface area contributed by atoms with Crippen molar-refractivity contribution in [1.29, 1.82) is 0 Å². The van der Waals surface area contributed by atoms with Crippen molar-refractivity contribution in [3.8, 4) is 5.69 Å². The lowest BCUT2D eigenvalue weighted by Crippen LogP contribution is -2.03. The van der Waals surface area contributed by atoms with Gasteiger partial charge >= 0.3 is 5.97 Å². The van der Waals surface area contributed by atoms with Crippen molar-refractivity contribution in [2.24, 2.45) is 4.99 Å². The zero-order valence-electron chi connectivity index (χ0n) is 13.7. The number of benzene rings is 2. The van der Waals surface area contributed by atoms with Crippen LogP contribution in [0.1, 0.15) is 23.0 Å². The minimum absolute atomic E-state index is 0.343. The highest BCUT2D eigenvalue weighted by atomic mass is 35.5. The molecule has 3 rings (SSSR count). The van der Waals surface area contributed by atoms with Crippen LogP contribution in [0.25, 0.3) is 5.69 Å². The normalized spacial score (nSPS) is 11.0. The Morgan fingerprint density at radius 3 is 2.72 bits per heavy atom. The molecule has 1 aromatic heterocycles. The molecule has 0 atom stereocenters. The molecular formula is C20H17ClN2O2. The average molecular weight is 353 g/mol. The van der Waals surface area contributed by atoms with Crippen LogP contribution in [0.3, 0.4) is 0 Å². The lowest BCUT2D eigenvalue weighted by molar-refractivity contribution is 0.0526. The number of rotatable bonds is 5. The van der Waals surface area contributed by atoms with E-state index in [1.807, 2.05) is 53.2 Å². The Labute approximate surface area is 151 Å². The predicted octanol–water partition coefficient (Wildman–Crippen LogP) is 5.06. The number of aliphatic imine (C=N–C) groups is 1. The standard InChI is InChI=1S/C20H17ClN2O2/c1-2-25-20(24)15-5-3-6-17(13-15)22-14-19-7-4-12-23(19)18-10-8-16(21)9-11-18/h3-14H,2H2,1H3. The molecule has 0 bridgehead atoms. The molecule has 5 heteroatoms. The number of hydrogen-bond acceptors (Lipinski definition) is 3. The molecule has 4 nitrogen and oxygen atoms in total. The molecule has 2 aromatic carbocycles. The van der Waals surface area contributed by atoms with E-state index in [0.29, 0.717) is 22.9 Å². The molecule has 3 aromatic rings. The monoisotopic (exact) mass is 352 g/mol. The van der Waals surface area contributed by atoms with Crippen LogP contribution >= 0.6 is 11.6 Å². The molecule has 0 radical (unpaired) electrons. The van der Waals surface area contributed by atoms with E-state index in [1.165, 1.54) is 0 Å². The van der Waals surface area contributed by atoms with Gasteiger partial charge in [0.1, 0.15) is 0 Å². The fraction of sp³-hybridized carbons (Fsp3) is 0.100. The summed E-state index contributed by atoms with van der Waals surface area (Å²) in [6, 6.07) is 18.6. The van der Waals surface area contributed by atoms with Gasteiger partial charge in [-0.1, -0.05) is 17.7 Å². The molecule has 0 aliphatic carbocycles. The van der Waals surface area contributed by atoms with Gasteiger partial charge in [-0.2, -0.15) is 0 Å². The molecule has 0 amide bonds. The second-order valence-electron chi connectivity index (χ2n) is 5.31. The Morgan fingerprint density at radius 1 is 1.16 bits per heavy atom. The summed E-state index contributed by atoms with van der Waals surface area (Å²) in [5.41, 5.74) is 3.10. The quantitative estimate of drug-likeness (QED) is 0.476. The first-order valence-electron chi connectivity index (χ1n) is 7.92. The number of halogens is 1. The van der Waals surface area contributed by atoms with Crippen LogP contribution in [-0.2, 0) is 4.74 Å². The van der Waals surface area contributed by atoms with E-state index in [2.05, 4.69) is 4.99 Å². The van der Waals surface area contributed by atoms with Crippen LogP contribution in [0.5, 0.6) is 0 Å². The van der Waals surface area contributed by atoms with Gasteiger partial charge in [0.15, 0.2) is 0 Å². The van der Waals surface area contributed by atoms with Gasteiger partial charge in [-0.05, 0) is 61.5 Å². The summed E-state index contributed by atoms with van der Waals surface area (Å²) in [5, 5.41) is 0.696. The number of hydrogen-bond donors (Lipinski definition) is 0. The third-order valence-corrected chi connectivity index (χ3v) is 3.84. The minimum Gasteiger partial charge on any atom is -0.462 e. The van der Waals surface area contributed by atoms with Crippen molar-refractivity contribution >= 4 is 29.5 Å². The molecule has 0 spiro atoms. The van der Waals surface area contributed by atoms with Crippen molar-refractivity contribution in [3.63, 3.8) is 0 Å². The first-order valence-corrected chi connectivity index (χ1v) is 8.29. The zero-order chi connectivity index (χ0) is 17.6. The van der Waals surface area contributed by atoms with Crippen LogP contribution in [0.15, 0.2) is 71.9 Å². The zero-order valence-corrected chi connectivity index (χ0v) is 14.5. The first kappa shape index (κ1) is 17.0. The molecule has 0 unspecified atom stereocenters. The van der Waals surface area contributed by atoms with E-state index in [0.717, 1.165) is 11.4 Å². The summed E-state index contributed by atoms with van der Waals surface area (Å²) in [7, 11) is 0. The van der Waals surface area contributed by atoms with Crippen molar-refractivity contribution in [2.45, 2.75) is 6.92 Å². The summed E-state index contributed by atoms with van der Waals surface area (Å²) < 4.78 is 7.02. The Morgan fingerprint density at radius 2 is 1.96 bits per heavy atom. The topological polar surface area (TPSA) is 43.6 Å². The number of nitrogens with zero attached hydrogens (tertiary/aromatic N) is 2. The van der Waals surface area contributed by atoms with E-state index in [4.69, 9.17) is 16.3 Å². The number of ether oxygens (including phenoxy) is 1. The highest BCUT2D eigenvalue weighted by Gasteiger charge is 2.06. The lowest BCUT2D eigenvalue weighted by Gasteiger charge is -2.06. The largest absolute Gasteiger partial charge is 0.462 e. The van der Waals surface area contributed by atoms with Crippen LogP contribution in [0, 0.1) is 0 Å². The summed E-state index contributed by atoms with van der Waals surface area (Å²) >= 11 is 5.94. The second-order valence-corrected chi connectivity index (χ2v) is 5.74. The summed E-state index contributed by atoms with van der Waals surface area (Å²) in [6.45, 7) is 2.13. The average Bonchev–Trinajstić information content (AvgIpc) is 3.10. The van der Waals surface area contributed by atoms with Gasteiger partial charge < -0.3 is 9.30 Å². The minimum atomic E-state index is -0.343. The van der Waals surface area contributed by atoms with Gasteiger partial charge in [0.05, 0.1) is 29.8 Å². The van der Waals surface area contributed by atoms with E-state index < -0.39 is 0 Å². The van der Waals surface area contributed by atoms with Crippen molar-refractivity contribution in [2.75, 3.05) is 6.61 Å². The third-order valence-electron chi connectivity index (χ3n) is 3.59. The maximum atomic E-state index is 11.8. The van der Waals surface area contributed by atoms with Gasteiger partial charge in [-0.25, -0.2) is 4.79 Å². The number of carbonyl (C=O) groups is 1. The fourth-order valence-electron chi connectivity index (χ4n) is 2.40. The smallest absolute Gasteiger partial charge is 0.338 e. The van der Waals surface area contributed by atoms with Crippen LogP contribution in [0.2, 0.25) is 5.02 Å². The van der Waals surface area contributed by atoms with E-state index in [-0.39, 0.29) is 5.97 Å². The van der Waals surface area contributed by atoms with E-state index >= 15 is 0 Å². The van der Waals surface area contributed by atoms with Crippen LogP contribution < -0.4 is 0 Å². The molecule has 1 heterocycles.